The van der Waals surface area contributed by atoms with Crippen molar-refractivity contribution >= 4 is 33.6 Å². The number of sulfonamides is 1. The van der Waals surface area contributed by atoms with Crippen molar-refractivity contribution in [3.05, 3.63) is 64.7 Å². The number of nitrogens with zero attached hydrogens (tertiary/aromatic N) is 1. The minimum atomic E-state index is -3.91. The Morgan fingerprint density at radius 2 is 1.79 bits per heavy atom. The van der Waals surface area contributed by atoms with E-state index in [1.807, 2.05) is 26.8 Å². The number of rotatable bonds is 16. The summed E-state index contributed by atoms with van der Waals surface area (Å²) >= 11 is 6.31. The second-order valence-corrected chi connectivity index (χ2v) is 14.0. The molecule has 238 valence electrons. The van der Waals surface area contributed by atoms with Crippen molar-refractivity contribution < 1.29 is 33.0 Å². The van der Waals surface area contributed by atoms with Crippen LogP contribution in [0.25, 0.3) is 0 Å². The van der Waals surface area contributed by atoms with Crippen molar-refractivity contribution in [1.29, 1.82) is 0 Å². The van der Waals surface area contributed by atoms with Gasteiger partial charge < -0.3 is 25.6 Å². The minimum absolute atomic E-state index is 0.0204. The average molecular weight is 638 g/mol. The molecule has 2 amide bonds. The van der Waals surface area contributed by atoms with E-state index in [9.17, 15) is 28.2 Å². The van der Waals surface area contributed by atoms with E-state index in [-0.39, 0.29) is 48.8 Å². The molecule has 0 heterocycles. The molecule has 1 aliphatic carbocycles. The maximum atomic E-state index is 13.6. The van der Waals surface area contributed by atoms with Crippen molar-refractivity contribution in [3.63, 3.8) is 0 Å². The number of aliphatic hydroxyl groups is 2. The van der Waals surface area contributed by atoms with Gasteiger partial charge in [0, 0.05) is 29.6 Å². The Balaban J connectivity index is 1.71. The van der Waals surface area contributed by atoms with Crippen molar-refractivity contribution in [2.24, 2.45) is 11.8 Å². The molecule has 0 bridgehead atoms. The minimum Gasteiger partial charge on any atom is -0.453 e. The van der Waals surface area contributed by atoms with Crippen LogP contribution in [-0.2, 0) is 32.6 Å². The fourth-order valence-corrected chi connectivity index (χ4v) is 7.41. The van der Waals surface area contributed by atoms with Crippen LogP contribution in [0.5, 0.6) is 0 Å². The summed E-state index contributed by atoms with van der Waals surface area (Å²) in [5.74, 6) is -0.153. The fourth-order valence-electron chi connectivity index (χ4n) is 5.38. The molecule has 2 unspecified atom stereocenters. The lowest BCUT2D eigenvalue weighted by molar-refractivity contribution is -0.124. The maximum absolute atomic E-state index is 13.6. The first-order valence-corrected chi connectivity index (χ1v) is 16.4. The Hall–Kier alpha value is -2.70. The molecular weight excluding hydrogens is 594 g/mol. The quantitative estimate of drug-likeness (QED) is 0.219. The van der Waals surface area contributed by atoms with Crippen LogP contribution in [0.3, 0.4) is 0 Å². The van der Waals surface area contributed by atoms with E-state index >= 15 is 0 Å². The zero-order chi connectivity index (χ0) is 31.8. The van der Waals surface area contributed by atoms with Gasteiger partial charge in [-0.15, -0.1) is 0 Å². The highest BCUT2D eigenvalue weighted by Gasteiger charge is 2.52. The first kappa shape index (κ1) is 34.8. The lowest BCUT2D eigenvalue weighted by Crippen LogP contribution is -2.52. The Labute approximate surface area is 259 Å². The summed E-state index contributed by atoms with van der Waals surface area (Å²) in [6.45, 7) is 5.57. The van der Waals surface area contributed by atoms with E-state index in [0.29, 0.717) is 35.4 Å². The van der Waals surface area contributed by atoms with E-state index in [4.69, 9.17) is 16.3 Å². The molecule has 3 rings (SSSR count). The highest BCUT2D eigenvalue weighted by Crippen LogP contribution is 2.47. The van der Waals surface area contributed by atoms with Crippen LogP contribution in [0.15, 0.2) is 53.4 Å². The van der Waals surface area contributed by atoms with Crippen LogP contribution >= 0.6 is 11.6 Å². The van der Waals surface area contributed by atoms with Crippen LogP contribution in [0, 0.1) is 11.8 Å². The summed E-state index contributed by atoms with van der Waals surface area (Å²) in [4.78, 5) is 25.6. The number of hydrogen-bond donors (Lipinski definition) is 4. The third-order valence-corrected chi connectivity index (χ3v) is 10.3. The van der Waals surface area contributed by atoms with Gasteiger partial charge in [-0.1, -0.05) is 62.7 Å². The molecule has 4 atom stereocenters. The van der Waals surface area contributed by atoms with Crippen molar-refractivity contribution in [2.45, 2.75) is 82.0 Å². The van der Waals surface area contributed by atoms with E-state index < -0.39 is 33.7 Å². The molecule has 0 aromatic heterocycles. The van der Waals surface area contributed by atoms with Gasteiger partial charge in [0.25, 0.3) is 0 Å². The van der Waals surface area contributed by atoms with Gasteiger partial charge in [0.1, 0.15) is 6.04 Å². The first-order valence-electron chi connectivity index (χ1n) is 14.6. The van der Waals surface area contributed by atoms with E-state index in [2.05, 4.69) is 10.6 Å². The van der Waals surface area contributed by atoms with Crippen LogP contribution in [0.4, 0.5) is 4.79 Å². The van der Waals surface area contributed by atoms with Gasteiger partial charge >= 0.3 is 6.09 Å². The molecule has 0 aliphatic heterocycles. The highest BCUT2D eigenvalue weighted by molar-refractivity contribution is 7.89. The molecule has 1 saturated carbocycles. The maximum Gasteiger partial charge on any atom is 0.407 e. The largest absolute Gasteiger partial charge is 0.453 e. The van der Waals surface area contributed by atoms with E-state index in [1.165, 1.54) is 23.5 Å². The summed E-state index contributed by atoms with van der Waals surface area (Å²) in [7, 11) is -2.68. The monoisotopic (exact) mass is 637 g/mol. The highest BCUT2D eigenvalue weighted by atomic mass is 35.5. The fraction of sp³-hybridized carbons (Fsp3) is 0.548. The summed E-state index contributed by atoms with van der Waals surface area (Å²) in [5.41, 5.74) is 0.812. The van der Waals surface area contributed by atoms with Crippen LogP contribution < -0.4 is 10.6 Å². The Kier molecular flexibility index (Phi) is 12.4. The predicted molar refractivity (Wildman–Crippen MR) is 165 cm³/mol. The number of ether oxygens (including phenoxy) is 1. The average Bonchev–Trinajstić information content (AvgIpc) is 3.62. The van der Waals surface area contributed by atoms with Gasteiger partial charge in [0.05, 0.1) is 25.2 Å². The lowest BCUT2D eigenvalue weighted by Gasteiger charge is -2.32. The van der Waals surface area contributed by atoms with Gasteiger partial charge in [-0.2, -0.15) is 4.31 Å². The molecular formula is C31H44ClN3O7S. The number of aliphatic hydroxyl groups excluding tert-OH is 2. The normalized spacial score (nSPS) is 19.6. The number of carbonyl (C=O) groups excluding carboxylic acids is 2. The third kappa shape index (κ3) is 9.15. The predicted octanol–water partition coefficient (Wildman–Crippen LogP) is 3.87. The van der Waals surface area contributed by atoms with E-state index in [1.54, 1.807) is 30.3 Å². The summed E-state index contributed by atoms with van der Waals surface area (Å²) in [5, 5.41) is 25.9. The number of amides is 2. The van der Waals surface area contributed by atoms with Gasteiger partial charge in [0.15, 0.2) is 0 Å². The molecule has 0 spiro atoms. The molecule has 43 heavy (non-hydrogen) atoms. The van der Waals surface area contributed by atoms with Gasteiger partial charge in [-0.3, -0.25) is 4.79 Å². The van der Waals surface area contributed by atoms with Crippen molar-refractivity contribution in [1.82, 2.24) is 14.9 Å². The number of nitrogens with one attached hydrogen (secondary N) is 2. The number of halogens is 1. The first-order chi connectivity index (χ1) is 20.4. The van der Waals surface area contributed by atoms with Gasteiger partial charge in [-0.05, 0) is 66.8 Å². The number of methoxy groups -OCH3 is 1. The molecule has 10 nitrogen and oxygen atoms in total. The SMILES string of the molecule is COC(=O)N[C@@H](Cc1ccccc1Cl)C(=O)NC1(CCC[C@@H](CO)N(CC(C)C)S(=O)(=O)c2ccc(CO)cc2)CC1C. The smallest absolute Gasteiger partial charge is 0.407 e. The molecule has 12 heteroatoms. The van der Waals surface area contributed by atoms with Crippen LogP contribution in [-0.4, -0.2) is 72.8 Å². The lowest BCUT2D eigenvalue weighted by atomic mass is 10.00. The topological polar surface area (TPSA) is 145 Å². The van der Waals surface area contributed by atoms with Crippen LogP contribution in [0.1, 0.15) is 57.6 Å². The third-order valence-electron chi connectivity index (χ3n) is 8.04. The molecule has 0 radical (unpaired) electrons. The van der Waals surface area contributed by atoms with Crippen LogP contribution in [0.2, 0.25) is 5.02 Å². The number of alkyl carbamates (subject to hydrolysis) is 1. The standard InChI is InChI=1S/C31H44ClN3O7S/c1-21(2)18-35(43(40,41)26-13-11-23(19-36)12-14-26)25(20-37)9-7-15-31(17-22(31)3)34-29(38)28(33-30(39)42-4)16-24-8-5-6-10-27(24)32/h5-6,8,10-14,21-22,25,28,36-37H,7,9,15-20H2,1-4H3,(H,33,39)(H,34,38)/t22?,25-,28-,31?/m0/s1. The Morgan fingerprint density at radius 3 is 2.33 bits per heavy atom. The second-order valence-electron chi connectivity index (χ2n) is 11.7. The number of carbonyl (C=O) groups is 2. The van der Waals surface area contributed by atoms with Crippen molar-refractivity contribution in [3.8, 4) is 0 Å². The van der Waals surface area contributed by atoms with Crippen molar-refractivity contribution in [2.75, 3.05) is 20.3 Å². The van der Waals surface area contributed by atoms with Gasteiger partial charge in [-0.25, -0.2) is 13.2 Å². The molecule has 1 aliphatic rings. The Morgan fingerprint density at radius 1 is 1.14 bits per heavy atom. The second kappa shape index (κ2) is 15.3. The Bertz CT molecular complexity index is 1340. The summed E-state index contributed by atoms with van der Waals surface area (Å²) < 4.78 is 33.4. The molecule has 4 N–H and O–H groups in total. The molecule has 2 aromatic carbocycles. The molecule has 1 fully saturated rings. The summed E-state index contributed by atoms with van der Waals surface area (Å²) in [6, 6.07) is 11.6. The zero-order valence-electron chi connectivity index (χ0n) is 25.3. The van der Waals surface area contributed by atoms with E-state index in [0.717, 1.165) is 6.42 Å². The molecule has 0 saturated heterocycles. The molecule has 2 aromatic rings. The number of hydrogen-bond acceptors (Lipinski definition) is 7. The summed E-state index contributed by atoms with van der Waals surface area (Å²) in [6.07, 6.45) is 1.72. The zero-order valence-corrected chi connectivity index (χ0v) is 26.8. The van der Waals surface area contributed by atoms with Gasteiger partial charge in [0.2, 0.25) is 15.9 Å². The number of benzene rings is 2.